The van der Waals surface area contributed by atoms with Crippen molar-refractivity contribution >= 4 is 52.8 Å². The molecule has 0 saturated carbocycles. The first-order valence-corrected chi connectivity index (χ1v) is 12.3. The number of carbonyl (C=O) groups excluding carboxylic acids is 1. The Labute approximate surface area is 222 Å². The molecule has 2 heterocycles. The average molecular weight is 542 g/mol. The molecular formula is C26H31Cl3N2O4. The lowest BCUT2D eigenvalue weighted by atomic mass is 9.98. The Morgan fingerprint density at radius 3 is 2.37 bits per heavy atom. The number of amides is 1. The molecule has 190 valence electrons. The summed E-state index contributed by atoms with van der Waals surface area (Å²) < 4.78 is 11.5. The average Bonchev–Trinajstić information content (AvgIpc) is 3.00. The van der Waals surface area contributed by atoms with Gasteiger partial charge in [-0.2, -0.15) is 0 Å². The fourth-order valence-corrected chi connectivity index (χ4v) is 4.91. The van der Waals surface area contributed by atoms with Crippen molar-refractivity contribution in [1.29, 1.82) is 0 Å². The molecule has 0 aliphatic carbocycles. The number of benzene rings is 2. The van der Waals surface area contributed by atoms with Crippen LogP contribution in [0, 0.1) is 0 Å². The van der Waals surface area contributed by atoms with Gasteiger partial charge < -0.3 is 14.6 Å². The molecule has 2 aliphatic heterocycles. The highest BCUT2D eigenvalue weighted by molar-refractivity contribution is 6.42. The predicted molar refractivity (Wildman–Crippen MR) is 144 cm³/mol. The van der Waals surface area contributed by atoms with Gasteiger partial charge in [-0.05, 0) is 75.7 Å². The number of carbonyl (C=O) groups is 1. The van der Waals surface area contributed by atoms with Gasteiger partial charge in [0.2, 0.25) is 0 Å². The zero-order chi connectivity index (χ0) is 24.5. The number of likely N-dealkylation sites (tertiary alicyclic amines) is 1. The van der Waals surface area contributed by atoms with Crippen molar-refractivity contribution in [3.8, 4) is 11.5 Å². The van der Waals surface area contributed by atoms with Crippen molar-refractivity contribution in [1.82, 2.24) is 4.90 Å². The number of aliphatic hydroxyl groups excluding tert-OH is 1. The minimum absolute atomic E-state index is 0. The second-order valence-electron chi connectivity index (χ2n) is 9.14. The van der Waals surface area contributed by atoms with Gasteiger partial charge in [-0.1, -0.05) is 35.7 Å². The summed E-state index contributed by atoms with van der Waals surface area (Å²) >= 11 is 12.3. The van der Waals surface area contributed by atoms with Crippen LogP contribution in [0.3, 0.4) is 0 Å². The van der Waals surface area contributed by atoms with Crippen LogP contribution in [0.25, 0.3) is 5.57 Å². The first kappa shape index (κ1) is 27.5. The molecule has 0 bridgehead atoms. The summed E-state index contributed by atoms with van der Waals surface area (Å²) in [7, 11) is 1.58. The molecule has 6 nitrogen and oxygen atoms in total. The van der Waals surface area contributed by atoms with Gasteiger partial charge in [-0.15, -0.1) is 12.4 Å². The third-order valence-electron chi connectivity index (χ3n) is 6.52. The monoisotopic (exact) mass is 540 g/mol. The molecule has 0 radical (unpaired) electrons. The lowest BCUT2D eigenvalue weighted by Gasteiger charge is -2.32. The third-order valence-corrected chi connectivity index (χ3v) is 7.26. The maximum atomic E-state index is 13.6. The van der Waals surface area contributed by atoms with Gasteiger partial charge in [0.15, 0.2) is 11.5 Å². The highest BCUT2D eigenvalue weighted by atomic mass is 35.5. The number of hydrogen-bond acceptors (Lipinski definition) is 5. The van der Waals surface area contributed by atoms with Crippen LogP contribution < -0.4 is 14.4 Å². The van der Waals surface area contributed by atoms with E-state index in [1.54, 1.807) is 57.4 Å². The Morgan fingerprint density at radius 1 is 1.00 bits per heavy atom. The maximum Gasteiger partial charge on any atom is 0.263 e. The van der Waals surface area contributed by atoms with E-state index in [-0.39, 0.29) is 29.6 Å². The number of halogens is 3. The molecule has 1 fully saturated rings. The van der Waals surface area contributed by atoms with Crippen molar-refractivity contribution < 1.29 is 19.4 Å². The van der Waals surface area contributed by atoms with Crippen molar-refractivity contribution in [3.63, 3.8) is 0 Å². The molecule has 1 N–H and O–H groups in total. The standard InChI is InChI=1S/C26H30Cl2N2O4.ClH/c1-26(2)24(31)23(25(32)30(26)18-8-9-19(27)20(28)16-18)17-7-10-21(33-3)22(15-17)34-14-13-29-11-5-4-6-12-29;/h7-10,15-16,31H,4-6,11-14H2,1-3H3;1H. The second-order valence-corrected chi connectivity index (χ2v) is 9.95. The zero-order valence-electron chi connectivity index (χ0n) is 20.1. The molecule has 2 aromatic rings. The minimum Gasteiger partial charge on any atom is -0.509 e. The number of anilines is 1. The van der Waals surface area contributed by atoms with E-state index < -0.39 is 5.54 Å². The summed E-state index contributed by atoms with van der Waals surface area (Å²) in [6, 6.07) is 10.3. The fourth-order valence-electron chi connectivity index (χ4n) is 4.62. The van der Waals surface area contributed by atoms with Crippen LogP contribution in [0.4, 0.5) is 5.69 Å². The van der Waals surface area contributed by atoms with E-state index >= 15 is 0 Å². The largest absolute Gasteiger partial charge is 0.509 e. The summed E-state index contributed by atoms with van der Waals surface area (Å²) in [6.45, 7) is 7.10. The maximum absolute atomic E-state index is 13.6. The normalized spacial score (nSPS) is 18.0. The van der Waals surface area contributed by atoms with Crippen LogP contribution in [0.15, 0.2) is 42.2 Å². The molecule has 2 aromatic carbocycles. The number of hydrogen-bond donors (Lipinski definition) is 1. The van der Waals surface area contributed by atoms with E-state index in [1.165, 1.54) is 24.2 Å². The summed E-state index contributed by atoms with van der Waals surface area (Å²) in [6.07, 6.45) is 3.73. The van der Waals surface area contributed by atoms with E-state index in [0.29, 0.717) is 39.4 Å². The van der Waals surface area contributed by atoms with Crippen molar-refractivity contribution in [2.24, 2.45) is 0 Å². The van der Waals surface area contributed by atoms with Gasteiger partial charge in [0.25, 0.3) is 5.91 Å². The Balaban J connectivity index is 0.00000342. The molecule has 0 atom stereocenters. The van der Waals surface area contributed by atoms with Gasteiger partial charge in [0.05, 0.1) is 22.7 Å². The topological polar surface area (TPSA) is 62.2 Å². The number of aliphatic hydroxyl groups is 1. The van der Waals surface area contributed by atoms with Crippen LogP contribution in [0.5, 0.6) is 11.5 Å². The van der Waals surface area contributed by atoms with Gasteiger partial charge in [-0.25, -0.2) is 0 Å². The van der Waals surface area contributed by atoms with Gasteiger partial charge >= 0.3 is 0 Å². The summed E-state index contributed by atoms with van der Waals surface area (Å²) in [4.78, 5) is 17.5. The first-order valence-electron chi connectivity index (χ1n) is 11.5. The molecule has 35 heavy (non-hydrogen) atoms. The highest BCUT2D eigenvalue weighted by Gasteiger charge is 2.47. The Morgan fingerprint density at radius 2 is 1.71 bits per heavy atom. The van der Waals surface area contributed by atoms with Crippen LogP contribution in [-0.4, -0.2) is 54.8 Å². The molecule has 4 rings (SSSR count). The molecule has 1 amide bonds. The smallest absolute Gasteiger partial charge is 0.263 e. The van der Waals surface area contributed by atoms with Crippen LogP contribution in [-0.2, 0) is 4.79 Å². The first-order chi connectivity index (χ1) is 16.2. The number of nitrogens with zero attached hydrogens (tertiary/aromatic N) is 2. The predicted octanol–water partition coefficient (Wildman–Crippen LogP) is 6.38. The number of methoxy groups -OCH3 is 1. The van der Waals surface area contributed by atoms with Crippen LogP contribution in [0.2, 0.25) is 10.0 Å². The molecule has 0 unspecified atom stereocenters. The molecule has 0 aromatic heterocycles. The molecule has 1 saturated heterocycles. The van der Waals surface area contributed by atoms with Crippen molar-refractivity contribution in [2.45, 2.75) is 38.6 Å². The number of ether oxygens (including phenoxy) is 2. The van der Waals surface area contributed by atoms with Gasteiger partial charge in [0, 0.05) is 12.2 Å². The SMILES string of the molecule is COc1ccc(C2=C(O)C(C)(C)N(c3ccc(Cl)c(Cl)c3)C2=O)cc1OCCN1CCCCC1.Cl. The lowest BCUT2D eigenvalue weighted by molar-refractivity contribution is -0.113. The van der Waals surface area contributed by atoms with Crippen molar-refractivity contribution in [2.75, 3.05) is 38.3 Å². The van der Waals surface area contributed by atoms with E-state index in [4.69, 9.17) is 32.7 Å². The van der Waals surface area contributed by atoms with E-state index in [1.807, 2.05) is 0 Å². The van der Waals surface area contributed by atoms with Crippen LogP contribution >= 0.6 is 35.6 Å². The van der Waals surface area contributed by atoms with Crippen molar-refractivity contribution in [3.05, 3.63) is 57.8 Å². The van der Waals surface area contributed by atoms with Crippen LogP contribution in [0.1, 0.15) is 38.7 Å². The van der Waals surface area contributed by atoms with E-state index in [2.05, 4.69) is 4.90 Å². The molecular weight excluding hydrogens is 511 g/mol. The quantitative estimate of drug-likeness (QED) is 0.440. The molecule has 9 heteroatoms. The number of piperidine rings is 1. The van der Waals surface area contributed by atoms with Gasteiger partial charge in [-0.3, -0.25) is 14.6 Å². The van der Waals surface area contributed by atoms with Gasteiger partial charge in [0.1, 0.15) is 17.9 Å². The minimum atomic E-state index is -0.973. The molecule has 0 spiro atoms. The lowest BCUT2D eigenvalue weighted by Crippen LogP contribution is -2.43. The van der Waals surface area contributed by atoms with E-state index in [0.717, 1.165) is 19.6 Å². The third kappa shape index (κ3) is 5.51. The highest BCUT2D eigenvalue weighted by Crippen LogP contribution is 2.44. The summed E-state index contributed by atoms with van der Waals surface area (Å²) in [5.41, 5.74) is 0.364. The molecule has 2 aliphatic rings. The zero-order valence-corrected chi connectivity index (χ0v) is 22.5. The second kappa shape index (κ2) is 11.3. The number of rotatable bonds is 7. The Hall–Kier alpha value is -2.12. The Bertz CT molecular complexity index is 1110. The summed E-state index contributed by atoms with van der Waals surface area (Å²) in [5.74, 6) is 0.766. The van der Waals surface area contributed by atoms with E-state index in [9.17, 15) is 9.90 Å². The summed E-state index contributed by atoms with van der Waals surface area (Å²) in [5, 5.41) is 11.9. The Kier molecular flexibility index (Phi) is 8.86. The fraction of sp³-hybridized carbons (Fsp3) is 0.423.